The highest BCUT2D eigenvalue weighted by Crippen LogP contribution is 2.25. The van der Waals surface area contributed by atoms with E-state index in [1.807, 2.05) is 24.3 Å². The zero-order valence-electron chi connectivity index (χ0n) is 12.2. The van der Waals surface area contributed by atoms with Crippen molar-refractivity contribution in [3.63, 3.8) is 0 Å². The lowest BCUT2D eigenvalue weighted by molar-refractivity contribution is 0.0698. The van der Waals surface area contributed by atoms with Gasteiger partial charge in [0.25, 0.3) is 10.0 Å². The van der Waals surface area contributed by atoms with E-state index in [0.29, 0.717) is 4.47 Å². The molecule has 0 aliphatic rings. The molecule has 0 unspecified atom stereocenters. The largest absolute Gasteiger partial charge is 0.478 e. The molecule has 24 heavy (non-hydrogen) atoms. The first-order valence-corrected chi connectivity index (χ1v) is 9.19. The Morgan fingerprint density at radius 2 is 1.67 bits per heavy atom. The van der Waals surface area contributed by atoms with Crippen LogP contribution in [-0.2, 0) is 10.0 Å². The van der Waals surface area contributed by atoms with Crippen molar-refractivity contribution in [2.75, 3.05) is 4.72 Å². The third-order valence-electron chi connectivity index (χ3n) is 3.49. The number of fused-ring (bicyclic) bond motifs is 1. The highest BCUT2D eigenvalue weighted by molar-refractivity contribution is 9.10. The number of hydrogen-bond donors (Lipinski definition) is 2. The van der Waals surface area contributed by atoms with Crippen molar-refractivity contribution in [2.45, 2.75) is 4.90 Å². The maximum atomic E-state index is 12.6. The molecule has 7 heteroatoms. The molecule has 3 aromatic carbocycles. The van der Waals surface area contributed by atoms with E-state index < -0.39 is 16.0 Å². The van der Waals surface area contributed by atoms with Gasteiger partial charge in [-0.3, -0.25) is 4.72 Å². The molecule has 5 nitrogen and oxygen atoms in total. The number of anilines is 1. The number of carbonyl (C=O) groups is 1. The minimum atomic E-state index is -3.90. The maximum Gasteiger partial charge on any atom is 0.337 e. The monoisotopic (exact) mass is 405 g/mol. The van der Waals surface area contributed by atoms with Crippen molar-refractivity contribution in [1.82, 2.24) is 0 Å². The molecule has 0 atom stereocenters. The predicted molar refractivity (Wildman–Crippen MR) is 95.9 cm³/mol. The minimum absolute atomic E-state index is 0.0128. The van der Waals surface area contributed by atoms with E-state index in [1.54, 1.807) is 18.2 Å². The molecule has 3 aromatic rings. The summed E-state index contributed by atoms with van der Waals surface area (Å²) >= 11 is 3.18. The van der Waals surface area contributed by atoms with Gasteiger partial charge in [0.05, 0.1) is 16.1 Å². The highest BCUT2D eigenvalue weighted by atomic mass is 79.9. The van der Waals surface area contributed by atoms with E-state index in [-0.39, 0.29) is 16.1 Å². The molecule has 122 valence electrons. The molecular formula is C17H12BrNO4S. The fourth-order valence-corrected chi connectivity index (χ4v) is 3.80. The second kappa shape index (κ2) is 6.26. The number of sulfonamides is 1. The van der Waals surface area contributed by atoms with Gasteiger partial charge in [-0.2, -0.15) is 0 Å². The van der Waals surface area contributed by atoms with Crippen LogP contribution in [0.4, 0.5) is 5.69 Å². The molecule has 0 aromatic heterocycles. The summed E-state index contributed by atoms with van der Waals surface area (Å²) in [4.78, 5) is 11.4. The summed E-state index contributed by atoms with van der Waals surface area (Å²) < 4.78 is 28.1. The Bertz CT molecular complexity index is 1050. The van der Waals surface area contributed by atoms with Gasteiger partial charge < -0.3 is 5.11 Å². The lowest BCUT2D eigenvalue weighted by Gasteiger charge is -2.11. The SMILES string of the molecule is O=C(O)c1cc(Br)ccc1NS(=O)(=O)c1ccc2ccccc2c1. The molecule has 0 bridgehead atoms. The maximum absolute atomic E-state index is 12.6. The van der Waals surface area contributed by atoms with Crippen molar-refractivity contribution < 1.29 is 18.3 Å². The van der Waals surface area contributed by atoms with Gasteiger partial charge in [-0.15, -0.1) is 0 Å². The van der Waals surface area contributed by atoms with Crippen LogP contribution in [0.15, 0.2) is 70.0 Å². The van der Waals surface area contributed by atoms with E-state index in [2.05, 4.69) is 20.7 Å². The lowest BCUT2D eigenvalue weighted by atomic mass is 10.1. The number of carboxylic acids is 1. The molecule has 0 spiro atoms. The number of rotatable bonds is 4. The van der Waals surface area contributed by atoms with Crippen LogP contribution in [0.3, 0.4) is 0 Å². The Balaban J connectivity index is 2.03. The molecule has 0 saturated heterocycles. The van der Waals surface area contributed by atoms with Crippen molar-refractivity contribution in [3.8, 4) is 0 Å². The molecule has 0 amide bonds. The third-order valence-corrected chi connectivity index (χ3v) is 5.34. The summed E-state index contributed by atoms with van der Waals surface area (Å²) in [6.45, 7) is 0. The first-order chi connectivity index (χ1) is 11.4. The Labute approximate surface area is 147 Å². The van der Waals surface area contributed by atoms with Gasteiger partial charge in [-0.1, -0.05) is 46.3 Å². The Morgan fingerprint density at radius 1 is 0.958 bits per heavy atom. The van der Waals surface area contributed by atoms with Crippen LogP contribution in [0, 0.1) is 0 Å². The van der Waals surface area contributed by atoms with Crippen LogP contribution in [-0.4, -0.2) is 19.5 Å². The summed E-state index contributed by atoms with van der Waals surface area (Å²) in [7, 11) is -3.90. The zero-order valence-corrected chi connectivity index (χ0v) is 14.6. The van der Waals surface area contributed by atoms with Gasteiger partial charge in [-0.25, -0.2) is 13.2 Å². The highest BCUT2D eigenvalue weighted by Gasteiger charge is 2.19. The summed E-state index contributed by atoms with van der Waals surface area (Å²) in [5, 5.41) is 11.0. The van der Waals surface area contributed by atoms with Crippen molar-refractivity contribution in [3.05, 3.63) is 70.7 Å². The van der Waals surface area contributed by atoms with Gasteiger partial charge in [0, 0.05) is 4.47 Å². The van der Waals surface area contributed by atoms with Crippen molar-refractivity contribution >= 4 is 48.4 Å². The van der Waals surface area contributed by atoms with E-state index in [0.717, 1.165) is 10.8 Å². The fourth-order valence-electron chi connectivity index (χ4n) is 2.32. The van der Waals surface area contributed by atoms with E-state index in [1.165, 1.54) is 18.2 Å². The molecule has 0 saturated carbocycles. The molecule has 0 radical (unpaired) electrons. The second-order valence-corrected chi connectivity index (χ2v) is 7.71. The summed E-state index contributed by atoms with van der Waals surface area (Å²) in [5.74, 6) is -1.22. The van der Waals surface area contributed by atoms with Crippen LogP contribution in [0.25, 0.3) is 10.8 Å². The summed E-state index contributed by atoms with van der Waals surface area (Å²) in [6.07, 6.45) is 0. The van der Waals surface area contributed by atoms with Crippen molar-refractivity contribution in [2.24, 2.45) is 0 Å². The average molecular weight is 406 g/mol. The fraction of sp³-hybridized carbons (Fsp3) is 0. The lowest BCUT2D eigenvalue weighted by Crippen LogP contribution is -2.15. The van der Waals surface area contributed by atoms with Gasteiger partial charge in [-0.05, 0) is 41.1 Å². The molecule has 2 N–H and O–H groups in total. The number of hydrogen-bond acceptors (Lipinski definition) is 3. The number of nitrogens with one attached hydrogen (secondary N) is 1. The molecule has 0 aliphatic heterocycles. The number of halogens is 1. The zero-order chi connectivity index (χ0) is 17.3. The van der Waals surface area contributed by atoms with Crippen LogP contribution in [0.1, 0.15) is 10.4 Å². The van der Waals surface area contributed by atoms with E-state index in [9.17, 15) is 18.3 Å². The van der Waals surface area contributed by atoms with Gasteiger partial charge in [0.15, 0.2) is 0 Å². The predicted octanol–water partition coefficient (Wildman–Crippen LogP) is 4.10. The van der Waals surface area contributed by atoms with Crippen LogP contribution in [0.2, 0.25) is 0 Å². The van der Waals surface area contributed by atoms with E-state index in [4.69, 9.17) is 0 Å². The quantitative estimate of drug-likeness (QED) is 0.684. The standard InChI is InChI=1S/C17H12BrNO4S/c18-13-6-8-16(15(10-13)17(20)21)19-24(22,23)14-7-5-11-3-1-2-4-12(11)9-14/h1-10,19H,(H,20,21). The molecule has 0 fully saturated rings. The van der Waals surface area contributed by atoms with Gasteiger partial charge in [0.1, 0.15) is 0 Å². The molecule has 3 rings (SSSR count). The normalized spacial score (nSPS) is 11.4. The minimum Gasteiger partial charge on any atom is -0.478 e. The summed E-state index contributed by atoms with van der Waals surface area (Å²) in [5.41, 5.74) is -0.118. The molecule has 0 aliphatic carbocycles. The Hall–Kier alpha value is -2.38. The van der Waals surface area contributed by atoms with Gasteiger partial charge >= 0.3 is 5.97 Å². The van der Waals surface area contributed by atoms with Crippen LogP contribution in [0.5, 0.6) is 0 Å². The van der Waals surface area contributed by atoms with E-state index >= 15 is 0 Å². The van der Waals surface area contributed by atoms with Gasteiger partial charge in [0.2, 0.25) is 0 Å². The number of benzene rings is 3. The summed E-state index contributed by atoms with van der Waals surface area (Å²) in [6, 6.07) is 16.5. The first-order valence-electron chi connectivity index (χ1n) is 6.91. The molecular weight excluding hydrogens is 394 g/mol. The average Bonchev–Trinajstić information content (AvgIpc) is 2.55. The Kier molecular flexibility index (Phi) is 4.29. The first kappa shape index (κ1) is 16.5. The van der Waals surface area contributed by atoms with Crippen LogP contribution < -0.4 is 4.72 Å². The second-order valence-electron chi connectivity index (χ2n) is 5.11. The topological polar surface area (TPSA) is 83.5 Å². The van der Waals surface area contributed by atoms with Crippen LogP contribution >= 0.6 is 15.9 Å². The molecule has 0 heterocycles. The smallest absolute Gasteiger partial charge is 0.337 e. The Morgan fingerprint density at radius 3 is 2.38 bits per heavy atom. The number of aromatic carboxylic acids is 1. The number of carboxylic acid groups (broad SMARTS) is 1. The van der Waals surface area contributed by atoms with Crippen molar-refractivity contribution in [1.29, 1.82) is 0 Å². The third kappa shape index (κ3) is 3.27.